The SMILES string of the molecule is OCC1(CO)O[C@@H](OCc2ccccc2)[C@H](OCc2ccccc2)[C@H](OCc2ccccc2)[C@@H]1OCc1ccccc1. The molecule has 1 heterocycles. The van der Waals surface area contributed by atoms with E-state index in [0.29, 0.717) is 0 Å². The highest BCUT2D eigenvalue weighted by atomic mass is 16.7. The molecule has 0 unspecified atom stereocenters. The maximum atomic E-state index is 10.7. The molecule has 7 heteroatoms. The Bertz CT molecular complexity index is 1300. The maximum Gasteiger partial charge on any atom is 0.187 e. The predicted octanol–water partition coefficient (Wildman–Crippen LogP) is 5.04. The first-order valence-corrected chi connectivity index (χ1v) is 14.2. The van der Waals surface area contributed by atoms with Gasteiger partial charge in [0, 0.05) is 0 Å². The van der Waals surface area contributed by atoms with Gasteiger partial charge in [-0.15, -0.1) is 0 Å². The van der Waals surface area contributed by atoms with Gasteiger partial charge in [0.05, 0.1) is 39.6 Å². The highest BCUT2D eigenvalue weighted by molar-refractivity contribution is 5.17. The molecular formula is C35H38O7. The molecule has 0 radical (unpaired) electrons. The quantitative estimate of drug-likeness (QED) is 0.220. The van der Waals surface area contributed by atoms with Crippen LogP contribution in [0.2, 0.25) is 0 Å². The monoisotopic (exact) mass is 570 g/mol. The molecule has 2 N–H and O–H groups in total. The summed E-state index contributed by atoms with van der Waals surface area (Å²) in [5, 5.41) is 21.4. The number of aliphatic hydroxyl groups excluding tert-OH is 2. The fourth-order valence-electron chi connectivity index (χ4n) is 5.07. The van der Waals surface area contributed by atoms with E-state index in [-0.39, 0.29) is 26.4 Å². The molecule has 5 rings (SSSR count). The van der Waals surface area contributed by atoms with Crippen LogP contribution in [0.5, 0.6) is 0 Å². The zero-order chi connectivity index (χ0) is 29.0. The van der Waals surface area contributed by atoms with E-state index in [4.69, 9.17) is 23.7 Å². The van der Waals surface area contributed by atoms with E-state index in [0.717, 1.165) is 22.3 Å². The van der Waals surface area contributed by atoms with Crippen LogP contribution < -0.4 is 0 Å². The standard InChI is InChI=1S/C35H38O7/c36-25-35(26-37)33(40-23-29-17-9-3-10-18-29)31(38-21-27-13-5-1-6-14-27)32(39-22-28-15-7-2-8-16-28)34(42-35)41-24-30-19-11-4-12-20-30/h1-20,31-34,36-37H,21-26H2/t31-,32+,33-,34+/m0/s1. The molecule has 1 aliphatic rings. The van der Waals surface area contributed by atoms with Gasteiger partial charge in [0.2, 0.25) is 0 Å². The second-order valence-corrected chi connectivity index (χ2v) is 10.4. The van der Waals surface area contributed by atoms with Crippen LogP contribution >= 0.6 is 0 Å². The van der Waals surface area contributed by atoms with Crippen molar-refractivity contribution in [2.24, 2.45) is 0 Å². The van der Waals surface area contributed by atoms with Crippen LogP contribution in [-0.2, 0) is 50.1 Å². The maximum absolute atomic E-state index is 10.7. The number of hydrogen-bond acceptors (Lipinski definition) is 7. The lowest BCUT2D eigenvalue weighted by molar-refractivity contribution is -0.366. The van der Waals surface area contributed by atoms with E-state index >= 15 is 0 Å². The molecule has 0 bridgehead atoms. The van der Waals surface area contributed by atoms with Gasteiger partial charge in [-0.2, -0.15) is 0 Å². The Morgan fingerprint density at radius 2 is 0.833 bits per heavy atom. The fourth-order valence-corrected chi connectivity index (χ4v) is 5.07. The summed E-state index contributed by atoms with van der Waals surface area (Å²) in [7, 11) is 0. The molecule has 0 aliphatic carbocycles. The third-order valence-corrected chi connectivity index (χ3v) is 7.40. The Hall–Kier alpha value is -3.40. The van der Waals surface area contributed by atoms with Gasteiger partial charge in [-0.05, 0) is 22.3 Å². The first-order chi connectivity index (χ1) is 20.7. The molecule has 1 aliphatic heterocycles. The Balaban J connectivity index is 1.48. The van der Waals surface area contributed by atoms with Crippen molar-refractivity contribution in [1.29, 1.82) is 0 Å². The van der Waals surface area contributed by atoms with Crippen molar-refractivity contribution in [3.63, 3.8) is 0 Å². The Kier molecular flexibility index (Phi) is 10.9. The highest BCUT2D eigenvalue weighted by Gasteiger charge is 2.57. The van der Waals surface area contributed by atoms with E-state index in [9.17, 15) is 10.2 Å². The number of aliphatic hydroxyl groups is 2. The summed E-state index contributed by atoms with van der Waals surface area (Å²) < 4.78 is 32.3. The molecule has 0 saturated carbocycles. The molecule has 4 atom stereocenters. The largest absolute Gasteiger partial charge is 0.393 e. The molecule has 0 aromatic heterocycles. The summed E-state index contributed by atoms with van der Waals surface area (Å²) in [6.45, 7) is -0.00892. The molecule has 0 spiro atoms. The second kappa shape index (κ2) is 15.2. The zero-order valence-electron chi connectivity index (χ0n) is 23.5. The highest BCUT2D eigenvalue weighted by Crippen LogP contribution is 2.37. The third kappa shape index (κ3) is 7.70. The van der Waals surface area contributed by atoms with E-state index in [1.807, 2.05) is 121 Å². The van der Waals surface area contributed by atoms with Crippen molar-refractivity contribution in [3.8, 4) is 0 Å². The lowest BCUT2D eigenvalue weighted by Crippen LogP contribution is -2.69. The average molecular weight is 571 g/mol. The van der Waals surface area contributed by atoms with Gasteiger partial charge in [0.15, 0.2) is 6.29 Å². The first-order valence-electron chi connectivity index (χ1n) is 14.2. The van der Waals surface area contributed by atoms with Crippen molar-refractivity contribution in [2.75, 3.05) is 13.2 Å². The van der Waals surface area contributed by atoms with Crippen LogP contribution in [0.3, 0.4) is 0 Å². The summed E-state index contributed by atoms with van der Waals surface area (Å²) in [5.74, 6) is 0. The summed E-state index contributed by atoms with van der Waals surface area (Å²) in [4.78, 5) is 0. The van der Waals surface area contributed by atoms with Crippen LogP contribution in [0.15, 0.2) is 121 Å². The normalized spacial score (nSPS) is 21.7. The zero-order valence-corrected chi connectivity index (χ0v) is 23.5. The number of rotatable bonds is 14. The average Bonchev–Trinajstić information content (AvgIpc) is 3.06. The van der Waals surface area contributed by atoms with Gasteiger partial charge in [-0.3, -0.25) is 0 Å². The Morgan fingerprint density at radius 1 is 0.476 bits per heavy atom. The minimum atomic E-state index is -1.51. The lowest BCUT2D eigenvalue weighted by atomic mass is 9.87. The van der Waals surface area contributed by atoms with Crippen LogP contribution in [0.1, 0.15) is 22.3 Å². The fraction of sp³-hybridized carbons (Fsp3) is 0.314. The number of benzene rings is 4. The lowest BCUT2D eigenvalue weighted by Gasteiger charge is -2.51. The van der Waals surface area contributed by atoms with Gasteiger partial charge in [-0.1, -0.05) is 121 Å². The molecule has 7 nitrogen and oxygen atoms in total. The van der Waals surface area contributed by atoms with Gasteiger partial charge in [0.25, 0.3) is 0 Å². The summed E-state index contributed by atoms with van der Waals surface area (Å²) in [6.07, 6.45) is -3.35. The van der Waals surface area contributed by atoms with Crippen molar-refractivity contribution in [3.05, 3.63) is 144 Å². The summed E-state index contributed by atoms with van der Waals surface area (Å²) in [6, 6.07) is 39.1. The van der Waals surface area contributed by atoms with Gasteiger partial charge in [0.1, 0.15) is 23.9 Å². The Morgan fingerprint density at radius 3 is 1.24 bits per heavy atom. The van der Waals surface area contributed by atoms with E-state index in [1.165, 1.54) is 0 Å². The topological polar surface area (TPSA) is 86.6 Å². The molecular weight excluding hydrogens is 532 g/mol. The van der Waals surface area contributed by atoms with Crippen LogP contribution in [0, 0.1) is 0 Å². The van der Waals surface area contributed by atoms with Crippen molar-refractivity contribution in [1.82, 2.24) is 0 Å². The summed E-state index contributed by atoms with van der Waals surface area (Å²) in [5.41, 5.74) is 2.32. The summed E-state index contributed by atoms with van der Waals surface area (Å²) >= 11 is 0. The van der Waals surface area contributed by atoms with E-state index in [1.54, 1.807) is 0 Å². The molecule has 1 saturated heterocycles. The molecule has 220 valence electrons. The van der Waals surface area contributed by atoms with Crippen LogP contribution in [0.25, 0.3) is 0 Å². The van der Waals surface area contributed by atoms with Gasteiger partial charge >= 0.3 is 0 Å². The third-order valence-electron chi connectivity index (χ3n) is 7.40. The van der Waals surface area contributed by atoms with Crippen molar-refractivity contribution >= 4 is 0 Å². The molecule has 4 aromatic rings. The molecule has 0 amide bonds. The number of ether oxygens (including phenoxy) is 5. The number of hydrogen-bond donors (Lipinski definition) is 2. The molecule has 4 aromatic carbocycles. The smallest absolute Gasteiger partial charge is 0.187 e. The minimum Gasteiger partial charge on any atom is -0.393 e. The predicted molar refractivity (Wildman–Crippen MR) is 158 cm³/mol. The first kappa shape index (κ1) is 30.1. The van der Waals surface area contributed by atoms with Gasteiger partial charge < -0.3 is 33.9 Å². The van der Waals surface area contributed by atoms with Crippen molar-refractivity contribution < 1.29 is 33.9 Å². The van der Waals surface area contributed by atoms with E-state index in [2.05, 4.69) is 0 Å². The van der Waals surface area contributed by atoms with Crippen molar-refractivity contribution in [2.45, 2.75) is 56.6 Å². The second-order valence-electron chi connectivity index (χ2n) is 10.4. The van der Waals surface area contributed by atoms with E-state index < -0.39 is 43.4 Å². The van der Waals surface area contributed by atoms with Gasteiger partial charge in [-0.25, -0.2) is 0 Å². The molecule has 1 fully saturated rings. The minimum absolute atomic E-state index is 0.225. The van der Waals surface area contributed by atoms with Crippen LogP contribution in [0.4, 0.5) is 0 Å². The van der Waals surface area contributed by atoms with Crippen LogP contribution in [-0.4, -0.2) is 53.6 Å². The Labute approximate surface area is 247 Å². The molecule has 42 heavy (non-hydrogen) atoms.